The lowest BCUT2D eigenvalue weighted by atomic mass is 10.2. The monoisotopic (exact) mass is 313 g/mol. The predicted molar refractivity (Wildman–Crippen MR) is 80.7 cm³/mol. The van der Waals surface area contributed by atoms with E-state index in [1.165, 1.54) is 30.0 Å². The highest BCUT2D eigenvalue weighted by molar-refractivity contribution is 5.89. The van der Waals surface area contributed by atoms with Crippen molar-refractivity contribution in [2.24, 2.45) is 0 Å². The molecule has 9 nitrogen and oxygen atoms in total. The summed E-state index contributed by atoms with van der Waals surface area (Å²) in [6, 6.07) is 9.44. The molecule has 1 N–H and O–H groups in total. The summed E-state index contributed by atoms with van der Waals surface area (Å²) in [5.74, 6) is -0.133. The Labute approximate surface area is 129 Å². The molecule has 0 spiro atoms. The molecule has 3 aromatic rings. The van der Waals surface area contributed by atoms with E-state index < -0.39 is 10.9 Å². The first-order chi connectivity index (χ1) is 11.1. The Morgan fingerprint density at radius 1 is 1.26 bits per heavy atom. The molecular weight excluding hydrogens is 302 g/mol. The Morgan fingerprint density at radius 3 is 2.65 bits per heavy atom. The van der Waals surface area contributed by atoms with Crippen molar-refractivity contribution >= 4 is 28.9 Å². The molecule has 0 saturated heterocycles. The molecule has 2 aromatic heterocycles. The van der Waals surface area contributed by atoms with Gasteiger partial charge in [-0.05, 0) is 30.3 Å². The Bertz CT molecular complexity index is 888. The molecule has 23 heavy (non-hydrogen) atoms. The van der Waals surface area contributed by atoms with Gasteiger partial charge in [0.25, 0.3) is 5.69 Å². The lowest BCUT2D eigenvalue weighted by Gasteiger charge is -2.03. The fourth-order valence-electron chi connectivity index (χ4n) is 1.97. The second kappa shape index (κ2) is 5.72. The van der Waals surface area contributed by atoms with Crippen molar-refractivity contribution in [1.82, 2.24) is 14.6 Å². The third kappa shape index (κ3) is 2.93. The van der Waals surface area contributed by atoms with E-state index in [-0.39, 0.29) is 11.6 Å². The van der Waals surface area contributed by atoms with Gasteiger partial charge < -0.3 is 10.1 Å². The third-order valence-electron chi connectivity index (χ3n) is 3.09. The SMILES string of the molecule is COC(=O)c1ccc(Nc2nc3ccc([N+](=O)[O-])cn3n2)cc1. The first kappa shape index (κ1) is 14.4. The number of hydrogen-bond acceptors (Lipinski definition) is 7. The summed E-state index contributed by atoms with van der Waals surface area (Å²) >= 11 is 0. The zero-order valence-electron chi connectivity index (χ0n) is 12.0. The number of pyridine rings is 1. The number of hydrogen-bond donors (Lipinski definition) is 1. The van der Waals surface area contributed by atoms with Crippen LogP contribution in [0.3, 0.4) is 0 Å². The maximum absolute atomic E-state index is 11.4. The summed E-state index contributed by atoms with van der Waals surface area (Å²) < 4.78 is 5.95. The second-order valence-electron chi connectivity index (χ2n) is 4.58. The number of carbonyl (C=O) groups excluding carboxylic acids is 1. The molecule has 0 atom stereocenters. The maximum atomic E-state index is 11.4. The van der Waals surface area contributed by atoms with Crippen LogP contribution in [0, 0.1) is 10.1 Å². The van der Waals surface area contributed by atoms with Gasteiger partial charge in [-0.15, -0.1) is 5.10 Å². The van der Waals surface area contributed by atoms with Gasteiger partial charge in [0.05, 0.1) is 17.6 Å². The summed E-state index contributed by atoms with van der Waals surface area (Å²) in [5, 5.41) is 17.8. The van der Waals surface area contributed by atoms with Crippen molar-refractivity contribution in [1.29, 1.82) is 0 Å². The van der Waals surface area contributed by atoms with E-state index >= 15 is 0 Å². The molecule has 0 radical (unpaired) electrons. The summed E-state index contributed by atoms with van der Waals surface area (Å²) in [5.41, 5.74) is 1.50. The summed E-state index contributed by atoms with van der Waals surface area (Å²) in [7, 11) is 1.31. The van der Waals surface area contributed by atoms with Crippen LogP contribution in [-0.4, -0.2) is 32.6 Å². The predicted octanol–water partition coefficient (Wildman–Crippen LogP) is 2.17. The number of fused-ring (bicyclic) bond motifs is 1. The van der Waals surface area contributed by atoms with E-state index in [2.05, 4.69) is 20.1 Å². The van der Waals surface area contributed by atoms with Crippen molar-refractivity contribution in [2.45, 2.75) is 0 Å². The smallest absolute Gasteiger partial charge is 0.337 e. The zero-order valence-corrected chi connectivity index (χ0v) is 12.0. The van der Waals surface area contributed by atoms with Crippen LogP contribution in [0.5, 0.6) is 0 Å². The molecule has 0 aliphatic heterocycles. The molecule has 1 aromatic carbocycles. The van der Waals surface area contributed by atoms with Crippen LogP contribution >= 0.6 is 0 Å². The molecule has 0 bridgehead atoms. The van der Waals surface area contributed by atoms with Crippen LogP contribution in [0.15, 0.2) is 42.6 Å². The molecule has 116 valence electrons. The Hall–Kier alpha value is -3.49. The van der Waals surface area contributed by atoms with Gasteiger partial charge in [0.1, 0.15) is 6.20 Å². The molecule has 0 fully saturated rings. The van der Waals surface area contributed by atoms with Gasteiger partial charge in [-0.1, -0.05) is 0 Å². The highest BCUT2D eigenvalue weighted by atomic mass is 16.6. The topological polar surface area (TPSA) is 112 Å². The van der Waals surface area contributed by atoms with Crippen LogP contribution in [0.25, 0.3) is 5.65 Å². The number of aromatic nitrogens is 3. The van der Waals surface area contributed by atoms with Crippen molar-refractivity contribution in [2.75, 3.05) is 12.4 Å². The van der Waals surface area contributed by atoms with Crippen LogP contribution < -0.4 is 5.32 Å². The second-order valence-corrected chi connectivity index (χ2v) is 4.58. The minimum absolute atomic E-state index is 0.0728. The number of rotatable bonds is 4. The number of anilines is 2. The van der Waals surface area contributed by atoms with Crippen LogP contribution in [0.4, 0.5) is 17.3 Å². The average molecular weight is 313 g/mol. The molecule has 2 heterocycles. The Balaban J connectivity index is 1.83. The van der Waals surface area contributed by atoms with Gasteiger partial charge >= 0.3 is 5.97 Å². The third-order valence-corrected chi connectivity index (χ3v) is 3.09. The van der Waals surface area contributed by atoms with Gasteiger partial charge in [-0.3, -0.25) is 10.1 Å². The molecule has 9 heteroatoms. The first-order valence-corrected chi connectivity index (χ1v) is 6.53. The molecule has 0 saturated carbocycles. The number of methoxy groups -OCH3 is 1. The fourth-order valence-corrected chi connectivity index (χ4v) is 1.97. The highest BCUT2D eigenvalue weighted by Crippen LogP contribution is 2.17. The van der Waals surface area contributed by atoms with Crippen molar-refractivity contribution < 1.29 is 14.5 Å². The number of nitro groups is 1. The normalized spacial score (nSPS) is 10.5. The van der Waals surface area contributed by atoms with Crippen molar-refractivity contribution in [3.8, 4) is 0 Å². The lowest BCUT2D eigenvalue weighted by molar-refractivity contribution is -0.385. The van der Waals surface area contributed by atoms with Gasteiger partial charge in [-0.25, -0.2) is 9.31 Å². The quantitative estimate of drug-likeness (QED) is 0.446. The number of carbonyl (C=O) groups is 1. The molecule has 0 aliphatic carbocycles. The van der Waals surface area contributed by atoms with Crippen molar-refractivity contribution in [3.05, 3.63) is 58.3 Å². The molecule has 3 rings (SSSR count). The van der Waals surface area contributed by atoms with Gasteiger partial charge in [0.2, 0.25) is 5.95 Å². The van der Waals surface area contributed by atoms with E-state index in [0.717, 1.165) is 0 Å². The lowest BCUT2D eigenvalue weighted by Crippen LogP contribution is -2.01. The van der Waals surface area contributed by atoms with E-state index in [1.54, 1.807) is 24.3 Å². The minimum atomic E-state index is -0.500. The standard InChI is InChI=1S/C14H11N5O4/c1-23-13(20)9-2-4-10(5-3-9)15-14-16-12-7-6-11(19(21)22)8-18(12)17-14/h2-8H,1H3,(H,15,17). The van der Waals surface area contributed by atoms with Gasteiger partial charge in [-0.2, -0.15) is 4.98 Å². The maximum Gasteiger partial charge on any atom is 0.337 e. The van der Waals surface area contributed by atoms with E-state index in [9.17, 15) is 14.9 Å². The molecule has 0 unspecified atom stereocenters. The van der Waals surface area contributed by atoms with Crippen LogP contribution in [0.1, 0.15) is 10.4 Å². The number of nitrogens with zero attached hydrogens (tertiary/aromatic N) is 4. The number of esters is 1. The number of ether oxygens (including phenoxy) is 1. The van der Waals surface area contributed by atoms with Crippen molar-refractivity contribution in [3.63, 3.8) is 0 Å². The van der Waals surface area contributed by atoms with E-state index in [4.69, 9.17) is 0 Å². The number of benzene rings is 1. The highest BCUT2D eigenvalue weighted by Gasteiger charge is 2.10. The largest absolute Gasteiger partial charge is 0.465 e. The fraction of sp³-hybridized carbons (Fsp3) is 0.0714. The first-order valence-electron chi connectivity index (χ1n) is 6.53. The van der Waals surface area contributed by atoms with E-state index in [1.807, 2.05) is 0 Å². The molecule has 0 amide bonds. The minimum Gasteiger partial charge on any atom is -0.465 e. The molecule has 0 aliphatic rings. The summed E-state index contributed by atoms with van der Waals surface area (Å²) in [4.78, 5) is 25.8. The van der Waals surface area contributed by atoms with Crippen LogP contribution in [-0.2, 0) is 4.74 Å². The molecular formula is C14H11N5O4. The number of nitrogens with one attached hydrogen (secondary N) is 1. The van der Waals surface area contributed by atoms with Crippen LogP contribution in [0.2, 0.25) is 0 Å². The zero-order chi connectivity index (χ0) is 16.4. The van der Waals surface area contributed by atoms with Gasteiger partial charge in [0, 0.05) is 11.8 Å². The Kier molecular flexibility index (Phi) is 3.59. The summed E-state index contributed by atoms with van der Waals surface area (Å²) in [6.45, 7) is 0. The van der Waals surface area contributed by atoms with Gasteiger partial charge in [0.15, 0.2) is 5.65 Å². The average Bonchev–Trinajstić information content (AvgIpc) is 2.96. The van der Waals surface area contributed by atoms with E-state index in [0.29, 0.717) is 16.9 Å². The summed E-state index contributed by atoms with van der Waals surface area (Å²) in [6.07, 6.45) is 1.29. The Morgan fingerprint density at radius 2 is 2.00 bits per heavy atom.